The van der Waals surface area contributed by atoms with Crippen LogP contribution in [-0.4, -0.2) is 19.2 Å². The lowest BCUT2D eigenvalue weighted by Gasteiger charge is -2.26. The second kappa shape index (κ2) is 7.68. The van der Waals surface area contributed by atoms with Crippen molar-refractivity contribution in [3.63, 3.8) is 0 Å². The lowest BCUT2D eigenvalue weighted by molar-refractivity contribution is -0.129. The summed E-state index contributed by atoms with van der Waals surface area (Å²) in [6.07, 6.45) is 2.72. The van der Waals surface area contributed by atoms with Crippen LogP contribution in [-0.2, 0) is 22.6 Å². The van der Waals surface area contributed by atoms with Gasteiger partial charge >= 0.3 is 0 Å². The van der Waals surface area contributed by atoms with E-state index < -0.39 is 0 Å². The minimum absolute atomic E-state index is 0.0897. The first-order valence-corrected chi connectivity index (χ1v) is 7.87. The number of aryl methyl sites for hydroxylation is 1. The van der Waals surface area contributed by atoms with E-state index in [4.69, 9.17) is 14.2 Å². The van der Waals surface area contributed by atoms with E-state index in [1.807, 2.05) is 42.5 Å². The van der Waals surface area contributed by atoms with Gasteiger partial charge in [-0.3, -0.25) is 4.79 Å². The van der Waals surface area contributed by atoms with Gasteiger partial charge in [-0.1, -0.05) is 36.4 Å². The van der Waals surface area contributed by atoms with Crippen LogP contribution in [0.15, 0.2) is 48.5 Å². The molecule has 4 heteroatoms. The lowest BCUT2D eigenvalue weighted by Crippen LogP contribution is -2.24. The van der Waals surface area contributed by atoms with Gasteiger partial charge < -0.3 is 14.2 Å². The average Bonchev–Trinajstić information content (AvgIpc) is 2.61. The number of carbonyl (C=O) groups is 1. The van der Waals surface area contributed by atoms with Crippen LogP contribution in [0.25, 0.3) is 0 Å². The summed E-state index contributed by atoms with van der Waals surface area (Å²) < 4.78 is 16.6. The molecule has 0 amide bonds. The maximum Gasteiger partial charge on any atom is 0.293 e. The Hall–Kier alpha value is -2.49. The summed E-state index contributed by atoms with van der Waals surface area (Å²) in [4.78, 5) is 10.2. The second-order valence-electron chi connectivity index (χ2n) is 5.58. The lowest BCUT2D eigenvalue weighted by atomic mass is 10.0. The standard InChI is InChI=1S/C19H20O4/c20-14-21-11-10-17-8-6-16-7-9-18(12-19(16)23-17)22-13-15-4-2-1-3-5-15/h1-5,7,9,12,14,17H,6,8,10-11,13H2. The van der Waals surface area contributed by atoms with Crippen LogP contribution >= 0.6 is 0 Å². The Balaban J connectivity index is 1.60. The highest BCUT2D eigenvalue weighted by molar-refractivity contribution is 5.42. The van der Waals surface area contributed by atoms with Crippen LogP contribution in [0.3, 0.4) is 0 Å². The third-order valence-corrected chi connectivity index (χ3v) is 3.94. The summed E-state index contributed by atoms with van der Waals surface area (Å²) in [6, 6.07) is 16.1. The van der Waals surface area contributed by atoms with E-state index in [0.717, 1.165) is 29.9 Å². The molecule has 3 rings (SSSR count). The van der Waals surface area contributed by atoms with Gasteiger partial charge in [-0.15, -0.1) is 0 Å². The summed E-state index contributed by atoms with van der Waals surface area (Å²) in [5, 5.41) is 0. The first-order chi connectivity index (χ1) is 11.3. The predicted octanol–water partition coefficient (Wildman–Crippen LogP) is 3.52. The van der Waals surface area contributed by atoms with Gasteiger partial charge in [0.15, 0.2) is 0 Å². The number of benzene rings is 2. The summed E-state index contributed by atoms with van der Waals surface area (Å²) in [7, 11) is 0. The van der Waals surface area contributed by atoms with E-state index in [-0.39, 0.29) is 6.10 Å². The number of rotatable bonds is 7. The molecule has 0 bridgehead atoms. The zero-order valence-electron chi connectivity index (χ0n) is 12.9. The Morgan fingerprint density at radius 2 is 2.04 bits per heavy atom. The van der Waals surface area contributed by atoms with E-state index in [9.17, 15) is 4.79 Å². The molecule has 1 heterocycles. The van der Waals surface area contributed by atoms with Crippen molar-refractivity contribution in [1.82, 2.24) is 0 Å². The normalized spacial score (nSPS) is 16.1. The molecule has 2 aromatic rings. The fourth-order valence-corrected chi connectivity index (χ4v) is 2.69. The molecule has 120 valence electrons. The van der Waals surface area contributed by atoms with Crippen LogP contribution < -0.4 is 9.47 Å². The molecular weight excluding hydrogens is 292 g/mol. The van der Waals surface area contributed by atoms with Crippen LogP contribution in [0.5, 0.6) is 11.5 Å². The number of carbonyl (C=O) groups excluding carboxylic acids is 1. The second-order valence-corrected chi connectivity index (χ2v) is 5.58. The van der Waals surface area contributed by atoms with Crippen molar-refractivity contribution < 1.29 is 19.0 Å². The van der Waals surface area contributed by atoms with Gasteiger partial charge in [-0.05, 0) is 30.0 Å². The van der Waals surface area contributed by atoms with Crippen molar-refractivity contribution in [3.8, 4) is 11.5 Å². The molecule has 0 saturated heterocycles. The molecule has 0 aliphatic carbocycles. The Labute approximate surface area is 136 Å². The molecule has 1 atom stereocenters. The zero-order chi connectivity index (χ0) is 15.9. The van der Waals surface area contributed by atoms with Gasteiger partial charge in [0, 0.05) is 12.5 Å². The molecule has 1 aliphatic rings. The van der Waals surface area contributed by atoms with E-state index >= 15 is 0 Å². The summed E-state index contributed by atoms with van der Waals surface area (Å²) in [6.45, 7) is 1.41. The summed E-state index contributed by atoms with van der Waals surface area (Å²) >= 11 is 0. The molecule has 0 radical (unpaired) electrons. The topological polar surface area (TPSA) is 44.8 Å². The minimum Gasteiger partial charge on any atom is -0.490 e. The molecule has 4 nitrogen and oxygen atoms in total. The molecule has 0 spiro atoms. The number of fused-ring (bicyclic) bond motifs is 1. The maximum atomic E-state index is 10.2. The molecule has 0 N–H and O–H groups in total. The smallest absolute Gasteiger partial charge is 0.293 e. The predicted molar refractivity (Wildman–Crippen MR) is 86.6 cm³/mol. The first-order valence-electron chi connectivity index (χ1n) is 7.87. The minimum atomic E-state index is 0.0897. The van der Waals surface area contributed by atoms with Crippen LogP contribution in [0.1, 0.15) is 24.0 Å². The van der Waals surface area contributed by atoms with Gasteiger partial charge in [0.1, 0.15) is 24.2 Å². The molecule has 2 aromatic carbocycles. The van der Waals surface area contributed by atoms with E-state index in [1.54, 1.807) is 0 Å². The van der Waals surface area contributed by atoms with E-state index in [2.05, 4.69) is 6.07 Å². The molecular formula is C19H20O4. The molecule has 1 aliphatic heterocycles. The molecule has 0 fully saturated rings. The van der Waals surface area contributed by atoms with Gasteiger partial charge in [-0.2, -0.15) is 0 Å². The van der Waals surface area contributed by atoms with Gasteiger partial charge in [0.25, 0.3) is 6.47 Å². The third-order valence-electron chi connectivity index (χ3n) is 3.94. The van der Waals surface area contributed by atoms with Gasteiger partial charge in [-0.25, -0.2) is 0 Å². The summed E-state index contributed by atoms with van der Waals surface area (Å²) in [5.74, 6) is 1.68. The quantitative estimate of drug-likeness (QED) is 0.579. The Morgan fingerprint density at radius 3 is 2.87 bits per heavy atom. The van der Waals surface area contributed by atoms with Crippen molar-refractivity contribution in [2.75, 3.05) is 6.61 Å². The van der Waals surface area contributed by atoms with Crippen molar-refractivity contribution in [1.29, 1.82) is 0 Å². The van der Waals surface area contributed by atoms with Gasteiger partial charge in [0.05, 0.1) is 6.61 Å². The number of hydrogen-bond donors (Lipinski definition) is 0. The van der Waals surface area contributed by atoms with Crippen LogP contribution in [0.2, 0.25) is 0 Å². The van der Waals surface area contributed by atoms with Crippen molar-refractivity contribution in [3.05, 3.63) is 59.7 Å². The highest BCUT2D eigenvalue weighted by atomic mass is 16.5. The Kier molecular flexibility index (Phi) is 5.14. The number of ether oxygens (including phenoxy) is 3. The molecule has 0 saturated carbocycles. The Bertz CT molecular complexity index is 639. The molecule has 0 aromatic heterocycles. The monoisotopic (exact) mass is 312 g/mol. The Morgan fingerprint density at radius 1 is 1.17 bits per heavy atom. The summed E-state index contributed by atoms with van der Waals surface area (Å²) in [5.41, 5.74) is 2.33. The molecule has 23 heavy (non-hydrogen) atoms. The third kappa shape index (κ3) is 4.25. The largest absolute Gasteiger partial charge is 0.490 e. The van der Waals surface area contributed by atoms with Crippen molar-refractivity contribution in [2.45, 2.75) is 32.0 Å². The average molecular weight is 312 g/mol. The van der Waals surface area contributed by atoms with Crippen molar-refractivity contribution in [2.24, 2.45) is 0 Å². The maximum absolute atomic E-state index is 10.2. The van der Waals surface area contributed by atoms with Crippen LogP contribution in [0.4, 0.5) is 0 Å². The SMILES string of the molecule is O=COCCC1CCc2ccc(OCc3ccccc3)cc2O1. The highest BCUT2D eigenvalue weighted by Crippen LogP contribution is 2.32. The fourth-order valence-electron chi connectivity index (χ4n) is 2.69. The van der Waals surface area contributed by atoms with E-state index in [0.29, 0.717) is 26.1 Å². The highest BCUT2D eigenvalue weighted by Gasteiger charge is 2.20. The molecule has 1 unspecified atom stereocenters. The number of hydrogen-bond acceptors (Lipinski definition) is 4. The van der Waals surface area contributed by atoms with Crippen LogP contribution in [0, 0.1) is 0 Å². The zero-order valence-corrected chi connectivity index (χ0v) is 12.9. The first kappa shape index (κ1) is 15.4. The van der Waals surface area contributed by atoms with E-state index in [1.165, 1.54) is 5.56 Å². The fraction of sp³-hybridized carbons (Fsp3) is 0.316. The van der Waals surface area contributed by atoms with Crippen molar-refractivity contribution >= 4 is 6.47 Å². The van der Waals surface area contributed by atoms with Gasteiger partial charge in [0.2, 0.25) is 0 Å².